The Bertz CT molecular complexity index is 321. The van der Waals surface area contributed by atoms with Gasteiger partial charge in [0.2, 0.25) is 5.91 Å². The van der Waals surface area contributed by atoms with E-state index in [0.29, 0.717) is 18.4 Å². The van der Waals surface area contributed by atoms with Crippen molar-refractivity contribution >= 4 is 5.91 Å². The molecule has 0 aromatic carbocycles. The van der Waals surface area contributed by atoms with Crippen molar-refractivity contribution in [2.24, 2.45) is 11.3 Å². The predicted molar refractivity (Wildman–Crippen MR) is 76.8 cm³/mol. The Kier molecular flexibility index (Phi) is 4.54. The van der Waals surface area contributed by atoms with Crippen LogP contribution in [-0.2, 0) is 4.79 Å². The van der Waals surface area contributed by atoms with Crippen LogP contribution in [0.4, 0.5) is 0 Å². The van der Waals surface area contributed by atoms with E-state index in [-0.39, 0.29) is 17.4 Å². The number of hydrogen-bond donors (Lipinski definition) is 1. The minimum absolute atomic E-state index is 0.0510. The van der Waals surface area contributed by atoms with Crippen LogP contribution in [0.15, 0.2) is 0 Å². The molecular formula is C16H29NO2. The number of carbonyl (C=O) groups excluding carboxylic acids is 1. The third-order valence-corrected chi connectivity index (χ3v) is 4.58. The highest BCUT2D eigenvalue weighted by molar-refractivity contribution is 5.77. The van der Waals surface area contributed by atoms with Gasteiger partial charge >= 0.3 is 0 Å². The highest BCUT2D eigenvalue weighted by Gasteiger charge is 2.39. The molecule has 3 unspecified atom stereocenters. The van der Waals surface area contributed by atoms with E-state index in [0.717, 1.165) is 38.6 Å². The van der Waals surface area contributed by atoms with Crippen molar-refractivity contribution in [2.45, 2.75) is 77.9 Å². The maximum atomic E-state index is 12.5. The van der Waals surface area contributed by atoms with E-state index >= 15 is 0 Å². The number of rotatable bonds is 2. The lowest BCUT2D eigenvalue weighted by Gasteiger charge is -2.38. The highest BCUT2D eigenvalue weighted by atomic mass is 16.3. The van der Waals surface area contributed by atoms with Crippen molar-refractivity contribution in [3.63, 3.8) is 0 Å². The third-order valence-electron chi connectivity index (χ3n) is 4.58. The van der Waals surface area contributed by atoms with Crippen LogP contribution >= 0.6 is 0 Å². The zero-order chi connectivity index (χ0) is 14.0. The molecule has 2 fully saturated rings. The normalized spacial score (nSPS) is 32.6. The molecule has 1 amide bonds. The minimum atomic E-state index is -0.193. The zero-order valence-corrected chi connectivity index (χ0v) is 12.7. The second-order valence-electron chi connectivity index (χ2n) is 7.55. The van der Waals surface area contributed by atoms with Gasteiger partial charge in [0, 0.05) is 24.9 Å². The summed E-state index contributed by atoms with van der Waals surface area (Å²) in [5.74, 6) is 0.605. The highest BCUT2D eigenvalue weighted by Crippen LogP contribution is 2.35. The first-order valence-corrected chi connectivity index (χ1v) is 7.86. The molecule has 3 heteroatoms. The molecule has 0 radical (unpaired) electrons. The molecule has 1 aliphatic heterocycles. The number of nitrogens with zero attached hydrogens (tertiary/aromatic N) is 1. The first-order valence-electron chi connectivity index (χ1n) is 7.86. The third kappa shape index (κ3) is 3.71. The molecular weight excluding hydrogens is 238 g/mol. The van der Waals surface area contributed by atoms with E-state index in [9.17, 15) is 9.90 Å². The van der Waals surface area contributed by atoms with E-state index in [2.05, 4.69) is 25.7 Å². The van der Waals surface area contributed by atoms with Gasteiger partial charge in [0.1, 0.15) is 0 Å². The summed E-state index contributed by atoms with van der Waals surface area (Å²) in [7, 11) is 0. The molecule has 0 spiro atoms. The van der Waals surface area contributed by atoms with E-state index in [1.165, 1.54) is 6.42 Å². The molecule has 110 valence electrons. The van der Waals surface area contributed by atoms with E-state index in [1.807, 2.05) is 0 Å². The van der Waals surface area contributed by atoms with Gasteiger partial charge in [-0.1, -0.05) is 33.6 Å². The smallest absolute Gasteiger partial charge is 0.223 e. The number of likely N-dealkylation sites (tertiary alicyclic amines) is 1. The van der Waals surface area contributed by atoms with Crippen LogP contribution in [0, 0.1) is 11.3 Å². The number of aliphatic hydroxyl groups is 1. The molecule has 0 aromatic heterocycles. The Labute approximate surface area is 117 Å². The quantitative estimate of drug-likeness (QED) is 0.835. The lowest BCUT2D eigenvalue weighted by atomic mass is 9.80. The summed E-state index contributed by atoms with van der Waals surface area (Å²) in [6, 6.07) is 0.296. The fourth-order valence-corrected chi connectivity index (χ4v) is 3.69. The summed E-state index contributed by atoms with van der Waals surface area (Å²) in [5, 5.41) is 10.2. The summed E-state index contributed by atoms with van der Waals surface area (Å²) in [6.07, 6.45) is 6.96. The maximum Gasteiger partial charge on any atom is 0.223 e. The van der Waals surface area contributed by atoms with Crippen molar-refractivity contribution in [3.8, 4) is 0 Å². The molecule has 1 N–H and O–H groups in total. The zero-order valence-electron chi connectivity index (χ0n) is 12.7. The Morgan fingerprint density at radius 1 is 1.16 bits per heavy atom. The van der Waals surface area contributed by atoms with Crippen LogP contribution < -0.4 is 0 Å². The fraction of sp³-hybridized carbons (Fsp3) is 0.938. The average Bonchev–Trinajstić information content (AvgIpc) is 2.76. The summed E-state index contributed by atoms with van der Waals surface area (Å²) < 4.78 is 0. The molecule has 2 aliphatic rings. The molecule has 3 nitrogen and oxygen atoms in total. The van der Waals surface area contributed by atoms with Crippen molar-refractivity contribution < 1.29 is 9.90 Å². The molecule has 1 saturated heterocycles. The SMILES string of the molecule is CC(C)(C)CC(=O)N1CCCC1C1CCCCC1O. The van der Waals surface area contributed by atoms with Crippen LogP contribution in [0.25, 0.3) is 0 Å². The van der Waals surface area contributed by atoms with Gasteiger partial charge in [-0.05, 0) is 31.1 Å². The van der Waals surface area contributed by atoms with Gasteiger partial charge < -0.3 is 10.0 Å². The summed E-state index contributed by atoms with van der Waals surface area (Å²) in [4.78, 5) is 14.5. The summed E-state index contributed by atoms with van der Waals surface area (Å²) in [6.45, 7) is 7.24. The Morgan fingerprint density at radius 3 is 2.47 bits per heavy atom. The number of amides is 1. The first-order chi connectivity index (χ1) is 8.88. The molecule has 1 saturated carbocycles. The average molecular weight is 267 g/mol. The van der Waals surface area contributed by atoms with E-state index < -0.39 is 0 Å². The lowest BCUT2D eigenvalue weighted by molar-refractivity contribution is -0.136. The van der Waals surface area contributed by atoms with Gasteiger partial charge in [-0.3, -0.25) is 4.79 Å². The number of carbonyl (C=O) groups is 1. The van der Waals surface area contributed by atoms with Crippen LogP contribution in [0.2, 0.25) is 0 Å². The fourth-order valence-electron chi connectivity index (χ4n) is 3.69. The molecule has 0 aromatic rings. The molecule has 19 heavy (non-hydrogen) atoms. The topological polar surface area (TPSA) is 40.5 Å². The predicted octanol–water partition coefficient (Wildman–Crippen LogP) is 2.96. The standard InChI is InChI=1S/C16H29NO2/c1-16(2,3)11-15(19)17-10-6-8-13(17)12-7-4-5-9-14(12)18/h12-14,18H,4-11H2,1-3H3. The van der Waals surface area contributed by atoms with Gasteiger partial charge in [-0.2, -0.15) is 0 Å². The summed E-state index contributed by atoms with van der Waals surface area (Å²) in [5.41, 5.74) is 0.0510. The van der Waals surface area contributed by atoms with Gasteiger partial charge in [0.15, 0.2) is 0 Å². The minimum Gasteiger partial charge on any atom is -0.393 e. The molecule has 1 heterocycles. The maximum absolute atomic E-state index is 12.5. The van der Waals surface area contributed by atoms with Gasteiger partial charge in [0.25, 0.3) is 0 Å². The van der Waals surface area contributed by atoms with Crippen molar-refractivity contribution in [2.75, 3.05) is 6.54 Å². The Morgan fingerprint density at radius 2 is 1.84 bits per heavy atom. The van der Waals surface area contributed by atoms with E-state index in [1.54, 1.807) is 0 Å². The van der Waals surface area contributed by atoms with Crippen LogP contribution in [0.1, 0.15) is 65.7 Å². The van der Waals surface area contributed by atoms with Gasteiger partial charge in [-0.15, -0.1) is 0 Å². The first kappa shape index (κ1) is 14.8. The number of aliphatic hydroxyl groups excluding tert-OH is 1. The molecule has 0 bridgehead atoms. The monoisotopic (exact) mass is 267 g/mol. The van der Waals surface area contributed by atoms with Crippen molar-refractivity contribution in [3.05, 3.63) is 0 Å². The van der Waals surface area contributed by atoms with Crippen LogP contribution in [-0.4, -0.2) is 34.6 Å². The second-order valence-corrected chi connectivity index (χ2v) is 7.55. The Hall–Kier alpha value is -0.570. The van der Waals surface area contributed by atoms with Gasteiger partial charge in [-0.25, -0.2) is 0 Å². The van der Waals surface area contributed by atoms with Gasteiger partial charge in [0.05, 0.1) is 6.10 Å². The second kappa shape index (κ2) is 5.82. The molecule has 1 aliphatic carbocycles. The number of hydrogen-bond acceptors (Lipinski definition) is 2. The van der Waals surface area contributed by atoms with E-state index in [4.69, 9.17) is 0 Å². The Balaban J connectivity index is 2.01. The molecule has 2 rings (SSSR count). The lowest BCUT2D eigenvalue weighted by Crippen LogP contribution is -2.46. The van der Waals surface area contributed by atoms with Crippen LogP contribution in [0.5, 0.6) is 0 Å². The van der Waals surface area contributed by atoms with Crippen molar-refractivity contribution in [1.82, 2.24) is 4.90 Å². The summed E-state index contributed by atoms with van der Waals surface area (Å²) >= 11 is 0. The van der Waals surface area contributed by atoms with Crippen molar-refractivity contribution in [1.29, 1.82) is 0 Å². The molecule has 3 atom stereocenters. The largest absolute Gasteiger partial charge is 0.393 e. The van der Waals surface area contributed by atoms with Crippen LogP contribution in [0.3, 0.4) is 0 Å².